The van der Waals surface area contributed by atoms with E-state index in [1.807, 2.05) is 42.5 Å². The van der Waals surface area contributed by atoms with E-state index in [1.165, 1.54) is 12.1 Å². The number of rotatable bonds is 4. The Balaban J connectivity index is 2.16. The van der Waals surface area contributed by atoms with Crippen molar-refractivity contribution in [2.75, 3.05) is 7.11 Å². The fraction of sp³-hybridized carbons (Fsp3) is 0.0667. The fourth-order valence-electron chi connectivity index (χ4n) is 1.55. The molecule has 2 aromatic rings. The van der Waals surface area contributed by atoms with Gasteiger partial charge in [0, 0.05) is 0 Å². The molecule has 0 aromatic heterocycles. The van der Waals surface area contributed by atoms with E-state index in [-0.39, 0.29) is 20.8 Å². The molecule has 4 heteroatoms. The van der Waals surface area contributed by atoms with Gasteiger partial charge in [-0.25, -0.2) is 0 Å². The Bertz CT molecular complexity index is 581. The van der Waals surface area contributed by atoms with Crippen LogP contribution < -0.4 is 9.20 Å². The number of methoxy groups -OCH3 is 1. The van der Waals surface area contributed by atoms with Gasteiger partial charge in [-0.05, 0) is 0 Å². The number of ether oxygens (including phenoxy) is 1. The standard InChI is InChI=1S/C15H12BrFOSe/c1-18-14-5-3-2-4-11(14)10-15(16)19-13-8-6-12(17)7-9-13/h2-10H,1H3/b15-10-. The summed E-state index contributed by atoms with van der Waals surface area (Å²) in [6.45, 7) is 0. The van der Waals surface area contributed by atoms with Crippen molar-refractivity contribution in [2.24, 2.45) is 0 Å². The molecule has 0 bridgehead atoms. The first-order chi connectivity index (χ1) is 9.19. The summed E-state index contributed by atoms with van der Waals surface area (Å²) in [6, 6.07) is 14.4. The zero-order valence-corrected chi connectivity index (χ0v) is 13.6. The number of halogens is 2. The quantitative estimate of drug-likeness (QED) is 0.731. The van der Waals surface area contributed by atoms with Gasteiger partial charge in [-0.15, -0.1) is 0 Å². The summed E-state index contributed by atoms with van der Waals surface area (Å²) in [4.78, 5) is 0. The minimum absolute atomic E-state index is 0.120. The number of para-hydroxylation sites is 1. The normalized spacial score (nSPS) is 11.4. The third kappa shape index (κ3) is 4.20. The van der Waals surface area contributed by atoms with Gasteiger partial charge in [-0.1, -0.05) is 0 Å². The van der Waals surface area contributed by atoms with E-state index in [4.69, 9.17) is 4.74 Å². The van der Waals surface area contributed by atoms with E-state index in [0.717, 1.165) is 19.2 Å². The van der Waals surface area contributed by atoms with Crippen LogP contribution in [0.1, 0.15) is 5.56 Å². The summed E-state index contributed by atoms with van der Waals surface area (Å²) in [6.07, 6.45) is 2.04. The molecule has 0 N–H and O–H groups in total. The van der Waals surface area contributed by atoms with Crippen molar-refractivity contribution in [3.8, 4) is 5.75 Å². The van der Waals surface area contributed by atoms with E-state index in [0.29, 0.717) is 0 Å². The summed E-state index contributed by atoms with van der Waals surface area (Å²) < 4.78 is 20.3. The number of hydrogen-bond acceptors (Lipinski definition) is 1. The molecule has 0 aliphatic rings. The van der Waals surface area contributed by atoms with Crippen LogP contribution in [0.25, 0.3) is 6.08 Å². The van der Waals surface area contributed by atoms with Crippen molar-refractivity contribution < 1.29 is 9.13 Å². The van der Waals surface area contributed by atoms with Gasteiger partial charge in [0.15, 0.2) is 0 Å². The van der Waals surface area contributed by atoms with E-state index in [2.05, 4.69) is 15.9 Å². The van der Waals surface area contributed by atoms with Gasteiger partial charge in [0.1, 0.15) is 0 Å². The van der Waals surface area contributed by atoms with Crippen molar-refractivity contribution in [2.45, 2.75) is 0 Å². The monoisotopic (exact) mass is 386 g/mol. The van der Waals surface area contributed by atoms with Crippen LogP contribution in [0.2, 0.25) is 0 Å². The van der Waals surface area contributed by atoms with E-state index in [9.17, 15) is 4.39 Å². The Kier molecular flexibility index (Phi) is 5.20. The first kappa shape index (κ1) is 14.3. The first-order valence-corrected chi connectivity index (χ1v) is 8.13. The fourth-order valence-corrected chi connectivity index (χ4v) is 4.20. The van der Waals surface area contributed by atoms with Crippen LogP contribution >= 0.6 is 15.9 Å². The van der Waals surface area contributed by atoms with Crippen molar-refractivity contribution in [1.29, 1.82) is 0 Å². The molecular formula is C15H12BrFOSe. The van der Waals surface area contributed by atoms with Crippen LogP contribution in [0.3, 0.4) is 0 Å². The van der Waals surface area contributed by atoms with Gasteiger partial charge in [0.05, 0.1) is 0 Å². The molecule has 2 aromatic carbocycles. The van der Waals surface area contributed by atoms with Crippen molar-refractivity contribution in [1.82, 2.24) is 0 Å². The molecule has 0 aliphatic heterocycles. The third-order valence-electron chi connectivity index (χ3n) is 2.44. The molecule has 0 spiro atoms. The predicted octanol–water partition coefficient (Wildman–Crippen LogP) is 3.56. The van der Waals surface area contributed by atoms with E-state index >= 15 is 0 Å². The SMILES string of the molecule is COc1ccccc1/C=C(/Br)[Se]c1ccc(F)cc1. The van der Waals surface area contributed by atoms with Crippen molar-refractivity contribution in [3.05, 3.63) is 63.3 Å². The predicted molar refractivity (Wildman–Crippen MR) is 81.7 cm³/mol. The minimum atomic E-state index is -0.204. The maximum absolute atomic E-state index is 12.8. The molecule has 1 nitrogen and oxygen atoms in total. The molecule has 0 saturated heterocycles. The zero-order chi connectivity index (χ0) is 13.7. The Morgan fingerprint density at radius 1 is 1.16 bits per heavy atom. The van der Waals surface area contributed by atoms with Crippen LogP contribution in [0.15, 0.2) is 51.9 Å². The molecule has 19 heavy (non-hydrogen) atoms. The van der Waals surface area contributed by atoms with Crippen LogP contribution in [-0.4, -0.2) is 22.1 Å². The van der Waals surface area contributed by atoms with Gasteiger partial charge in [-0.2, -0.15) is 0 Å². The first-order valence-electron chi connectivity index (χ1n) is 5.62. The maximum atomic E-state index is 12.8. The van der Waals surface area contributed by atoms with Gasteiger partial charge in [0.2, 0.25) is 0 Å². The van der Waals surface area contributed by atoms with Gasteiger partial charge in [-0.3, -0.25) is 0 Å². The molecule has 0 unspecified atom stereocenters. The second kappa shape index (κ2) is 6.90. The van der Waals surface area contributed by atoms with Gasteiger partial charge in [0.25, 0.3) is 0 Å². The van der Waals surface area contributed by atoms with E-state index in [1.54, 1.807) is 7.11 Å². The molecule has 0 heterocycles. The number of hydrogen-bond donors (Lipinski definition) is 0. The molecule has 0 amide bonds. The summed E-state index contributed by atoms with van der Waals surface area (Å²) in [7, 11) is 1.66. The molecular weight excluding hydrogens is 374 g/mol. The molecule has 0 fully saturated rings. The Morgan fingerprint density at radius 2 is 1.84 bits per heavy atom. The topological polar surface area (TPSA) is 9.23 Å². The van der Waals surface area contributed by atoms with Gasteiger partial charge < -0.3 is 0 Å². The average molecular weight is 386 g/mol. The van der Waals surface area contributed by atoms with E-state index < -0.39 is 0 Å². The molecule has 0 radical (unpaired) electrons. The van der Waals surface area contributed by atoms with Crippen LogP contribution in [-0.2, 0) is 0 Å². The van der Waals surface area contributed by atoms with Crippen molar-refractivity contribution in [3.63, 3.8) is 0 Å². The number of benzene rings is 2. The van der Waals surface area contributed by atoms with Crippen molar-refractivity contribution >= 4 is 41.4 Å². The Labute approximate surface area is 126 Å². The molecule has 0 saturated carbocycles. The molecule has 98 valence electrons. The van der Waals surface area contributed by atoms with Crippen LogP contribution in [0.5, 0.6) is 5.75 Å². The summed E-state index contributed by atoms with van der Waals surface area (Å²) >= 11 is 3.69. The summed E-state index contributed by atoms with van der Waals surface area (Å²) in [5, 5.41) is 0. The van der Waals surface area contributed by atoms with Gasteiger partial charge >= 0.3 is 127 Å². The second-order valence-corrected chi connectivity index (χ2v) is 8.12. The zero-order valence-electron chi connectivity index (χ0n) is 10.3. The summed E-state index contributed by atoms with van der Waals surface area (Å²) in [5.74, 6) is 0.638. The molecule has 0 aliphatic carbocycles. The second-order valence-electron chi connectivity index (χ2n) is 3.75. The Hall–Kier alpha value is -1.09. The molecule has 2 rings (SSSR count). The average Bonchev–Trinajstić information content (AvgIpc) is 2.42. The molecule has 0 atom stereocenters. The Morgan fingerprint density at radius 3 is 2.53 bits per heavy atom. The summed E-state index contributed by atoms with van der Waals surface area (Å²) in [5.41, 5.74) is 1.03. The third-order valence-corrected chi connectivity index (χ3v) is 5.23. The van der Waals surface area contributed by atoms with Crippen LogP contribution in [0.4, 0.5) is 4.39 Å². The van der Waals surface area contributed by atoms with Crippen LogP contribution in [0, 0.1) is 5.82 Å².